The maximum atomic E-state index is 10.0. The summed E-state index contributed by atoms with van der Waals surface area (Å²) in [6.07, 6.45) is 0. The molecule has 0 saturated carbocycles. The van der Waals surface area contributed by atoms with Crippen LogP contribution in [0, 0.1) is 0 Å². The number of rotatable bonds is 0. The molecule has 0 amide bonds. The molecule has 15 heavy (non-hydrogen) atoms. The van der Waals surface area contributed by atoms with Crippen LogP contribution in [0.3, 0.4) is 0 Å². The van der Waals surface area contributed by atoms with Crippen LogP contribution in [-0.2, 0) is 10.8 Å². The van der Waals surface area contributed by atoms with E-state index in [0.29, 0.717) is 5.56 Å². The molecule has 0 aromatic heterocycles. The molecule has 1 aromatic carbocycles. The van der Waals surface area contributed by atoms with Crippen molar-refractivity contribution in [1.29, 1.82) is 0 Å². The average molecular weight is 210 g/mol. The Morgan fingerprint density at radius 2 is 1.80 bits per heavy atom. The Morgan fingerprint density at radius 3 is 2.27 bits per heavy atom. The fourth-order valence-corrected chi connectivity index (χ4v) is 1.40. The lowest BCUT2D eigenvalue weighted by Crippen LogP contribution is -2.16. The first kappa shape index (κ1) is 7.32. The minimum Gasteiger partial charge on any atom is -0.508 e. The van der Waals surface area contributed by atoms with E-state index in [1.807, 2.05) is 20.8 Å². The maximum absolute atomic E-state index is 10.0. The van der Waals surface area contributed by atoms with Crippen molar-refractivity contribution in [2.45, 2.75) is 52.3 Å². The average Bonchev–Trinajstić information content (AvgIpc) is 2.18. The smallest absolute Gasteiger partial charge is 0.119 e. The zero-order valence-electron chi connectivity index (χ0n) is 14.1. The van der Waals surface area contributed by atoms with Gasteiger partial charge in [0.1, 0.15) is 5.75 Å². The van der Waals surface area contributed by atoms with Crippen molar-refractivity contribution in [2.24, 2.45) is 0 Å². The topological polar surface area (TPSA) is 20.2 Å². The monoisotopic (exact) mass is 210 g/mol. The van der Waals surface area contributed by atoms with Gasteiger partial charge in [0.2, 0.25) is 0 Å². The zero-order valence-corrected chi connectivity index (χ0v) is 10.1. The Bertz CT molecular complexity index is 481. The Kier molecular flexibility index (Phi) is 1.73. The predicted octanol–water partition coefficient (Wildman–Crippen LogP) is 3.99. The van der Waals surface area contributed by atoms with Gasteiger partial charge in [-0.2, -0.15) is 0 Å². The zero-order chi connectivity index (χ0) is 15.2. The van der Waals surface area contributed by atoms with E-state index in [-0.39, 0.29) is 17.2 Å². The van der Waals surface area contributed by atoms with Gasteiger partial charge < -0.3 is 5.11 Å². The summed E-state index contributed by atoms with van der Waals surface area (Å²) in [6, 6.07) is 3.27. The predicted molar refractivity (Wildman–Crippen MR) is 65.5 cm³/mol. The van der Waals surface area contributed by atoms with Gasteiger partial charge in [0.25, 0.3) is 0 Å². The number of phenols is 1. The molecule has 1 nitrogen and oxygen atoms in total. The lowest BCUT2D eigenvalue weighted by atomic mass is 9.80. The summed E-state index contributed by atoms with van der Waals surface area (Å²) >= 11 is 0. The molecule has 1 heteroatoms. The molecule has 1 N–H and O–H groups in total. The second-order valence-corrected chi connectivity index (χ2v) is 5.53. The number of hydrogen-bond acceptors (Lipinski definition) is 1. The lowest BCUT2D eigenvalue weighted by Gasteiger charge is -2.25. The van der Waals surface area contributed by atoms with Gasteiger partial charge in [-0.05, 0) is 28.0 Å². The molecule has 0 saturated heterocycles. The highest BCUT2D eigenvalue weighted by atomic mass is 16.3. The molecule has 0 aliphatic heterocycles. The third-order valence-corrected chi connectivity index (χ3v) is 2.46. The van der Waals surface area contributed by atoms with Crippen molar-refractivity contribution >= 4 is 0 Å². The minimum atomic E-state index is -2.24. The quantitative estimate of drug-likeness (QED) is 0.686. The van der Waals surface area contributed by atoms with Gasteiger partial charge in [0.15, 0.2) is 0 Å². The summed E-state index contributed by atoms with van der Waals surface area (Å²) < 4.78 is 30.7. The second-order valence-electron chi connectivity index (χ2n) is 5.53. The second kappa shape index (κ2) is 3.55. The van der Waals surface area contributed by atoms with E-state index >= 15 is 0 Å². The van der Waals surface area contributed by atoms with E-state index < -0.39 is 12.3 Å². The molecular formula is C14H22O. The van der Waals surface area contributed by atoms with Crippen LogP contribution in [0.25, 0.3) is 0 Å². The molecule has 1 rings (SSSR count). The fraction of sp³-hybridized carbons (Fsp3) is 0.571. The van der Waals surface area contributed by atoms with E-state index in [1.54, 1.807) is 26.0 Å². The summed E-state index contributed by atoms with van der Waals surface area (Å²) in [4.78, 5) is 0. The first-order valence-electron chi connectivity index (χ1n) is 7.13. The standard InChI is InChI=1S/C14H22O/c1-13(2,3)10-7-8-12(15)11(9-10)14(4,5)6/h7-9,15H,1-6H3/i4D3,8D. The summed E-state index contributed by atoms with van der Waals surface area (Å²) in [6.45, 7) is 6.87. The largest absolute Gasteiger partial charge is 0.508 e. The molecule has 84 valence electrons. The van der Waals surface area contributed by atoms with E-state index in [1.165, 1.54) is 0 Å². The van der Waals surface area contributed by atoms with Crippen molar-refractivity contribution in [3.05, 3.63) is 29.3 Å². The van der Waals surface area contributed by atoms with E-state index in [0.717, 1.165) is 5.56 Å². The van der Waals surface area contributed by atoms with Crippen molar-refractivity contribution in [3.63, 3.8) is 0 Å². The van der Waals surface area contributed by atoms with Crippen LogP contribution in [0.1, 0.15) is 58.1 Å². The summed E-state index contributed by atoms with van der Waals surface area (Å²) in [5.41, 5.74) is -0.246. The van der Waals surface area contributed by atoms with Crippen LogP contribution >= 0.6 is 0 Å². The molecule has 0 aliphatic rings. The first-order chi connectivity index (χ1) is 8.28. The van der Waals surface area contributed by atoms with Crippen molar-refractivity contribution in [3.8, 4) is 5.75 Å². The van der Waals surface area contributed by atoms with Crippen LogP contribution < -0.4 is 0 Å². The minimum absolute atomic E-state index is 0.0280. The van der Waals surface area contributed by atoms with Gasteiger partial charge in [0, 0.05) is 4.11 Å². The molecule has 0 bridgehead atoms. The van der Waals surface area contributed by atoms with Crippen molar-refractivity contribution in [1.82, 2.24) is 0 Å². The van der Waals surface area contributed by atoms with Crippen LogP contribution in [0.2, 0.25) is 0 Å². The Morgan fingerprint density at radius 1 is 1.20 bits per heavy atom. The van der Waals surface area contributed by atoms with Crippen molar-refractivity contribution < 1.29 is 10.6 Å². The lowest BCUT2D eigenvalue weighted by molar-refractivity contribution is 0.444. The summed E-state index contributed by atoms with van der Waals surface area (Å²) in [5, 5.41) is 10.0. The molecule has 0 radical (unpaired) electrons. The van der Waals surface area contributed by atoms with Gasteiger partial charge in [-0.3, -0.25) is 0 Å². The highest BCUT2D eigenvalue weighted by molar-refractivity contribution is 5.42. The van der Waals surface area contributed by atoms with Gasteiger partial charge in [-0.25, -0.2) is 0 Å². The highest BCUT2D eigenvalue weighted by Gasteiger charge is 2.21. The SMILES string of the molecule is [2H]c1cc(C(C)(C)C)cc(C(C)(C)C([2H])([2H])[2H])c1O. The molecule has 0 unspecified atom stereocenters. The fourth-order valence-electron chi connectivity index (χ4n) is 1.40. The first-order valence-corrected chi connectivity index (χ1v) is 5.13. The van der Waals surface area contributed by atoms with E-state index in [9.17, 15) is 5.11 Å². The maximum Gasteiger partial charge on any atom is 0.119 e. The molecule has 0 spiro atoms. The number of hydrogen-bond donors (Lipinski definition) is 1. The van der Waals surface area contributed by atoms with Crippen molar-refractivity contribution in [2.75, 3.05) is 0 Å². The summed E-state index contributed by atoms with van der Waals surface area (Å²) in [5.74, 6) is -0.242. The number of benzene rings is 1. The van der Waals surface area contributed by atoms with Crippen LogP contribution in [0.5, 0.6) is 5.75 Å². The number of phenolic OH excluding ortho intramolecular Hbond substituents is 1. The van der Waals surface area contributed by atoms with Gasteiger partial charge in [0.05, 0.1) is 1.37 Å². The Hall–Kier alpha value is -0.980. The normalized spacial score (nSPS) is 17.7. The Labute approximate surface area is 98.8 Å². The molecule has 1 aromatic rings. The van der Waals surface area contributed by atoms with Gasteiger partial charge in [-0.1, -0.05) is 53.6 Å². The molecule has 0 heterocycles. The molecular weight excluding hydrogens is 184 g/mol. The van der Waals surface area contributed by atoms with E-state index in [4.69, 9.17) is 5.48 Å². The highest BCUT2D eigenvalue weighted by Crippen LogP contribution is 2.34. The van der Waals surface area contributed by atoms with Gasteiger partial charge in [-0.15, -0.1) is 0 Å². The third kappa shape index (κ3) is 2.74. The van der Waals surface area contributed by atoms with Crippen LogP contribution in [0.15, 0.2) is 18.2 Å². The Balaban J connectivity index is 3.57. The van der Waals surface area contributed by atoms with Crippen LogP contribution in [-0.4, -0.2) is 5.11 Å². The number of aromatic hydroxyl groups is 1. The van der Waals surface area contributed by atoms with E-state index in [2.05, 4.69) is 0 Å². The summed E-state index contributed by atoms with van der Waals surface area (Å²) in [7, 11) is 0. The molecule has 0 aliphatic carbocycles. The van der Waals surface area contributed by atoms with Crippen LogP contribution in [0.4, 0.5) is 0 Å². The third-order valence-electron chi connectivity index (χ3n) is 2.46. The molecule has 0 fully saturated rings. The molecule has 0 atom stereocenters. The van der Waals surface area contributed by atoms with Gasteiger partial charge >= 0.3 is 0 Å².